The summed E-state index contributed by atoms with van der Waals surface area (Å²) in [6, 6.07) is 4.54. The molecule has 3 rings (SSSR count). The van der Waals surface area contributed by atoms with E-state index < -0.39 is 4.92 Å². The van der Waals surface area contributed by atoms with Crippen LogP contribution in [0, 0.1) is 10.1 Å². The van der Waals surface area contributed by atoms with E-state index in [9.17, 15) is 19.7 Å². The van der Waals surface area contributed by atoms with Crippen molar-refractivity contribution >= 4 is 23.1 Å². The van der Waals surface area contributed by atoms with Crippen LogP contribution in [0.1, 0.15) is 30.1 Å². The molecule has 0 N–H and O–H groups in total. The van der Waals surface area contributed by atoms with Crippen molar-refractivity contribution in [3.63, 3.8) is 0 Å². The van der Waals surface area contributed by atoms with Crippen LogP contribution in [0.25, 0.3) is 0 Å². The number of Topliss-reactive ketones (excluding diaryl/α,β-unsaturated/α-hetero) is 1. The normalized spacial score (nSPS) is 20.6. The Kier molecular flexibility index (Phi) is 4.98. The number of amides is 1. The molecule has 25 heavy (non-hydrogen) atoms. The van der Waals surface area contributed by atoms with Crippen molar-refractivity contribution in [1.29, 1.82) is 0 Å². The number of hydrogen-bond donors (Lipinski definition) is 0. The monoisotopic (exact) mass is 347 g/mol. The number of nitro benzene ring substituents is 1. The first-order chi connectivity index (χ1) is 12.0. The number of hydrogen-bond acceptors (Lipinski definition) is 6. The molecule has 0 bridgehead atoms. The van der Waals surface area contributed by atoms with Crippen LogP contribution in [-0.4, -0.2) is 60.4 Å². The molecular weight excluding hydrogens is 326 g/mol. The Labute approximate surface area is 145 Å². The summed E-state index contributed by atoms with van der Waals surface area (Å²) in [6.45, 7) is 4.05. The van der Waals surface area contributed by atoms with Crippen LogP contribution in [0.4, 0.5) is 11.4 Å². The molecule has 1 aromatic rings. The second-order valence-electron chi connectivity index (χ2n) is 6.33. The first-order valence-electron chi connectivity index (χ1n) is 8.42. The summed E-state index contributed by atoms with van der Waals surface area (Å²) in [4.78, 5) is 38.4. The van der Waals surface area contributed by atoms with Gasteiger partial charge in [-0.05, 0) is 31.9 Å². The number of nitro groups is 1. The molecule has 134 valence electrons. The summed E-state index contributed by atoms with van der Waals surface area (Å²) in [6.07, 6.45) is 1.33. The van der Waals surface area contributed by atoms with E-state index in [0.29, 0.717) is 44.0 Å². The molecule has 0 unspecified atom stereocenters. The van der Waals surface area contributed by atoms with Crippen LogP contribution in [0.5, 0.6) is 0 Å². The third kappa shape index (κ3) is 3.63. The average molecular weight is 347 g/mol. The molecule has 0 aliphatic carbocycles. The van der Waals surface area contributed by atoms with E-state index in [1.54, 1.807) is 17.0 Å². The fourth-order valence-electron chi connectivity index (χ4n) is 3.30. The van der Waals surface area contributed by atoms with Gasteiger partial charge in [0.25, 0.3) is 11.6 Å². The lowest BCUT2D eigenvalue weighted by molar-refractivity contribution is -0.384. The Bertz CT molecular complexity index is 692. The van der Waals surface area contributed by atoms with E-state index in [1.807, 2.05) is 4.90 Å². The molecule has 2 heterocycles. The van der Waals surface area contributed by atoms with Crippen molar-refractivity contribution in [2.75, 3.05) is 37.7 Å². The molecular formula is C17H21N3O5. The lowest BCUT2D eigenvalue weighted by Gasteiger charge is -2.36. The van der Waals surface area contributed by atoms with E-state index in [1.165, 1.54) is 13.0 Å². The number of anilines is 1. The Balaban J connectivity index is 1.71. The zero-order valence-electron chi connectivity index (χ0n) is 14.1. The van der Waals surface area contributed by atoms with Gasteiger partial charge in [0.2, 0.25) is 0 Å². The first-order valence-corrected chi connectivity index (χ1v) is 8.42. The van der Waals surface area contributed by atoms with Crippen LogP contribution in [0.3, 0.4) is 0 Å². The SMILES string of the molecule is CC(=O)c1ccc(N2CCN(C(=O)[C@H]3CCCO3)CC2)c([N+](=O)[O-])c1. The summed E-state index contributed by atoms with van der Waals surface area (Å²) in [5.41, 5.74) is 0.730. The number of carbonyl (C=O) groups is 2. The van der Waals surface area contributed by atoms with Gasteiger partial charge >= 0.3 is 0 Å². The van der Waals surface area contributed by atoms with Crippen molar-refractivity contribution in [2.45, 2.75) is 25.9 Å². The molecule has 0 radical (unpaired) electrons. The predicted molar refractivity (Wildman–Crippen MR) is 90.9 cm³/mol. The van der Waals surface area contributed by atoms with Crippen molar-refractivity contribution in [1.82, 2.24) is 4.90 Å². The molecule has 1 atom stereocenters. The summed E-state index contributed by atoms with van der Waals surface area (Å²) in [5.74, 6) is -0.194. The molecule has 1 amide bonds. The van der Waals surface area contributed by atoms with Gasteiger partial charge in [-0.15, -0.1) is 0 Å². The van der Waals surface area contributed by atoms with Crippen molar-refractivity contribution in [3.8, 4) is 0 Å². The minimum atomic E-state index is -0.467. The van der Waals surface area contributed by atoms with Gasteiger partial charge in [-0.1, -0.05) is 0 Å². The standard InChI is InChI=1S/C17H21N3O5/c1-12(21)13-4-5-14(15(11-13)20(23)24)18-6-8-19(9-7-18)17(22)16-3-2-10-25-16/h4-5,11,16H,2-3,6-10H2,1H3/t16-/m1/s1. The van der Waals surface area contributed by atoms with Gasteiger partial charge in [0.1, 0.15) is 11.8 Å². The van der Waals surface area contributed by atoms with Crippen LogP contribution in [0.15, 0.2) is 18.2 Å². The first kappa shape index (κ1) is 17.3. The molecule has 0 saturated carbocycles. The van der Waals surface area contributed by atoms with Gasteiger partial charge in [-0.25, -0.2) is 0 Å². The fourth-order valence-corrected chi connectivity index (χ4v) is 3.30. The Morgan fingerprint density at radius 2 is 1.96 bits per heavy atom. The molecule has 0 aromatic heterocycles. The third-order valence-corrected chi connectivity index (χ3v) is 4.72. The molecule has 8 heteroatoms. The Morgan fingerprint density at radius 1 is 1.24 bits per heavy atom. The number of ether oxygens (including phenoxy) is 1. The van der Waals surface area contributed by atoms with Gasteiger partial charge in [0, 0.05) is 44.4 Å². The zero-order valence-corrected chi connectivity index (χ0v) is 14.1. The Hall–Kier alpha value is -2.48. The average Bonchev–Trinajstić information content (AvgIpc) is 3.15. The zero-order chi connectivity index (χ0) is 18.0. The second-order valence-corrected chi connectivity index (χ2v) is 6.33. The van der Waals surface area contributed by atoms with Crippen LogP contribution >= 0.6 is 0 Å². The van der Waals surface area contributed by atoms with Crippen LogP contribution in [-0.2, 0) is 9.53 Å². The summed E-state index contributed by atoms with van der Waals surface area (Å²) in [5, 5.41) is 11.4. The number of piperazine rings is 1. The number of rotatable bonds is 4. The molecule has 1 aromatic carbocycles. The maximum atomic E-state index is 12.4. The molecule has 2 saturated heterocycles. The number of benzene rings is 1. The van der Waals surface area contributed by atoms with E-state index in [4.69, 9.17) is 4.74 Å². The topological polar surface area (TPSA) is 93.0 Å². The molecule has 8 nitrogen and oxygen atoms in total. The second kappa shape index (κ2) is 7.18. The highest BCUT2D eigenvalue weighted by Gasteiger charge is 2.31. The van der Waals surface area contributed by atoms with Crippen LogP contribution in [0.2, 0.25) is 0 Å². The van der Waals surface area contributed by atoms with Gasteiger partial charge < -0.3 is 14.5 Å². The van der Waals surface area contributed by atoms with Gasteiger partial charge in [0.05, 0.1) is 4.92 Å². The third-order valence-electron chi connectivity index (χ3n) is 4.72. The highest BCUT2D eigenvalue weighted by Crippen LogP contribution is 2.30. The van der Waals surface area contributed by atoms with E-state index in [-0.39, 0.29) is 23.5 Å². The lowest BCUT2D eigenvalue weighted by atomic mass is 10.1. The smallest absolute Gasteiger partial charge is 0.293 e. The molecule has 0 spiro atoms. The molecule has 2 aliphatic rings. The van der Waals surface area contributed by atoms with Crippen molar-refractivity contribution < 1.29 is 19.2 Å². The van der Waals surface area contributed by atoms with E-state index >= 15 is 0 Å². The van der Waals surface area contributed by atoms with Gasteiger partial charge in [0.15, 0.2) is 5.78 Å². The maximum absolute atomic E-state index is 12.4. The van der Waals surface area contributed by atoms with Gasteiger partial charge in [-0.2, -0.15) is 0 Å². The summed E-state index contributed by atoms with van der Waals surface area (Å²) >= 11 is 0. The number of ketones is 1. The maximum Gasteiger partial charge on any atom is 0.293 e. The van der Waals surface area contributed by atoms with Crippen molar-refractivity contribution in [2.24, 2.45) is 0 Å². The number of carbonyl (C=O) groups excluding carboxylic acids is 2. The lowest BCUT2D eigenvalue weighted by Crippen LogP contribution is -2.51. The van der Waals surface area contributed by atoms with Gasteiger partial charge in [-0.3, -0.25) is 19.7 Å². The largest absolute Gasteiger partial charge is 0.368 e. The minimum Gasteiger partial charge on any atom is -0.368 e. The van der Waals surface area contributed by atoms with E-state index in [0.717, 1.165) is 12.8 Å². The van der Waals surface area contributed by atoms with Crippen molar-refractivity contribution in [3.05, 3.63) is 33.9 Å². The summed E-state index contributed by atoms with van der Waals surface area (Å²) < 4.78 is 5.44. The van der Waals surface area contributed by atoms with E-state index in [2.05, 4.69) is 0 Å². The quantitative estimate of drug-likeness (QED) is 0.467. The minimum absolute atomic E-state index is 0.0126. The highest BCUT2D eigenvalue weighted by atomic mass is 16.6. The fraction of sp³-hybridized carbons (Fsp3) is 0.529. The Morgan fingerprint density at radius 3 is 2.52 bits per heavy atom. The van der Waals surface area contributed by atoms with Crippen LogP contribution < -0.4 is 4.90 Å². The number of nitrogens with zero attached hydrogens (tertiary/aromatic N) is 3. The molecule has 2 aliphatic heterocycles. The predicted octanol–water partition coefficient (Wildman–Crippen LogP) is 1.63. The molecule has 2 fully saturated rings. The summed E-state index contributed by atoms with van der Waals surface area (Å²) in [7, 11) is 0. The highest BCUT2D eigenvalue weighted by molar-refractivity contribution is 5.95.